The molecule has 0 radical (unpaired) electrons. The number of ether oxygens (including phenoxy) is 1. The number of fused-ring (bicyclic) bond motifs is 5. The van der Waals surface area contributed by atoms with E-state index in [0.29, 0.717) is 5.41 Å². The van der Waals surface area contributed by atoms with Crippen LogP contribution in [-0.2, 0) is 4.74 Å². The maximum Gasteiger partial charge on any atom is 0.0596 e. The highest BCUT2D eigenvalue weighted by Crippen LogP contribution is 2.66. The lowest BCUT2D eigenvalue weighted by Gasteiger charge is -2.61. The van der Waals surface area contributed by atoms with Gasteiger partial charge < -0.3 is 9.84 Å². The van der Waals surface area contributed by atoms with Crippen LogP contribution in [0.3, 0.4) is 0 Å². The predicted molar refractivity (Wildman–Crippen MR) is 93.1 cm³/mol. The van der Waals surface area contributed by atoms with Crippen LogP contribution in [-0.4, -0.2) is 24.9 Å². The van der Waals surface area contributed by atoms with Gasteiger partial charge in [0.05, 0.1) is 6.10 Å². The van der Waals surface area contributed by atoms with E-state index in [1.807, 2.05) is 7.11 Å². The van der Waals surface area contributed by atoms with Crippen LogP contribution in [0.5, 0.6) is 0 Å². The molecule has 0 spiro atoms. The first-order chi connectivity index (χ1) is 11.0. The molecule has 0 heterocycles. The predicted octanol–water partition coefficient (Wildman–Crippen LogP) is 4.65. The van der Waals surface area contributed by atoms with Crippen molar-refractivity contribution in [2.45, 2.75) is 77.7 Å². The van der Waals surface area contributed by atoms with Crippen LogP contribution < -0.4 is 0 Å². The summed E-state index contributed by atoms with van der Waals surface area (Å²) in [4.78, 5) is 0. The fourth-order valence-electron chi connectivity index (χ4n) is 7.71. The van der Waals surface area contributed by atoms with Gasteiger partial charge in [0.2, 0.25) is 0 Å². The molecule has 4 aliphatic carbocycles. The summed E-state index contributed by atoms with van der Waals surface area (Å²) in [5.41, 5.74) is 0.805. The summed E-state index contributed by atoms with van der Waals surface area (Å²) in [5, 5.41) is 10.6. The lowest BCUT2D eigenvalue weighted by molar-refractivity contribution is -0.129. The Hall–Kier alpha value is -0.0800. The van der Waals surface area contributed by atoms with E-state index >= 15 is 0 Å². The number of rotatable bonds is 2. The van der Waals surface area contributed by atoms with E-state index in [0.717, 1.165) is 42.6 Å². The summed E-state index contributed by atoms with van der Waals surface area (Å²) >= 11 is 0. The largest absolute Gasteiger partial charge is 0.393 e. The molecular formula is C21H36O2. The number of aliphatic hydroxyl groups is 1. The highest BCUT2D eigenvalue weighted by Gasteiger charge is 2.59. The Morgan fingerprint density at radius 1 is 0.913 bits per heavy atom. The molecule has 0 saturated heterocycles. The van der Waals surface area contributed by atoms with Gasteiger partial charge in [-0.3, -0.25) is 0 Å². The van der Waals surface area contributed by atoms with Crippen molar-refractivity contribution in [3.63, 3.8) is 0 Å². The Labute approximate surface area is 142 Å². The summed E-state index contributed by atoms with van der Waals surface area (Å²) in [6.45, 7) is 5.99. The molecule has 0 aromatic carbocycles. The van der Waals surface area contributed by atoms with Crippen LogP contribution in [0, 0.1) is 40.4 Å². The first-order valence-electron chi connectivity index (χ1n) is 10.2. The minimum absolute atomic E-state index is 0.0311. The average Bonchev–Trinajstić information content (AvgIpc) is 2.84. The summed E-state index contributed by atoms with van der Waals surface area (Å²) in [6.07, 6.45) is 12.0. The minimum atomic E-state index is -0.0311. The molecule has 4 aliphatic rings. The lowest BCUT2D eigenvalue weighted by atomic mass is 9.44. The Morgan fingerprint density at radius 2 is 1.65 bits per heavy atom. The van der Waals surface area contributed by atoms with Gasteiger partial charge in [-0.2, -0.15) is 0 Å². The Bertz CT molecular complexity index is 449. The van der Waals surface area contributed by atoms with Crippen LogP contribution in [0.15, 0.2) is 0 Å². The Morgan fingerprint density at radius 3 is 2.43 bits per heavy atom. The average molecular weight is 321 g/mol. The van der Waals surface area contributed by atoms with Gasteiger partial charge in [0, 0.05) is 13.7 Å². The zero-order valence-electron chi connectivity index (χ0n) is 15.4. The minimum Gasteiger partial charge on any atom is -0.393 e. The third-order valence-corrected chi connectivity index (χ3v) is 9.13. The van der Waals surface area contributed by atoms with Crippen LogP contribution >= 0.6 is 0 Å². The molecule has 4 fully saturated rings. The quantitative estimate of drug-likeness (QED) is 0.802. The number of hydrogen-bond acceptors (Lipinski definition) is 2. The van der Waals surface area contributed by atoms with Gasteiger partial charge in [-0.15, -0.1) is 0 Å². The molecule has 2 nitrogen and oxygen atoms in total. The third kappa shape index (κ3) is 2.34. The number of aliphatic hydroxyl groups excluding tert-OH is 1. The molecule has 0 aromatic heterocycles. The zero-order chi connectivity index (χ0) is 16.2. The molecule has 0 aromatic rings. The fourth-order valence-corrected chi connectivity index (χ4v) is 7.71. The molecule has 8 unspecified atom stereocenters. The summed E-state index contributed by atoms with van der Waals surface area (Å²) < 4.78 is 5.45. The normalized spacial score (nSPS) is 55.8. The molecule has 0 amide bonds. The second-order valence-electron chi connectivity index (χ2n) is 9.89. The third-order valence-electron chi connectivity index (χ3n) is 9.13. The summed E-state index contributed by atoms with van der Waals surface area (Å²) in [7, 11) is 1.86. The Kier molecular flexibility index (Phi) is 4.08. The van der Waals surface area contributed by atoms with Gasteiger partial charge in [-0.05, 0) is 98.2 Å². The monoisotopic (exact) mass is 320 g/mol. The van der Waals surface area contributed by atoms with E-state index < -0.39 is 0 Å². The van der Waals surface area contributed by atoms with Crippen LogP contribution in [0.1, 0.15) is 71.6 Å². The first-order valence-corrected chi connectivity index (χ1v) is 10.2. The van der Waals surface area contributed by atoms with Crippen molar-refractivity contribution in [1.29, 1.82) is 0 Å². The molecule has 2 heteroatoms. The van der Waals surface area contributed by atoms with Crippen molar-refractivity contribution in [3.05, 3.63) is 0 Å². The molecule has 4 rings (SSSR count). The highest BCUT2D eigenvalue weighted by molar-refractivity contribution is 5.09. The molecule has 0 bridgehead atoms. The van der Waals surface area contributed by atoms with Crippen molar-refractivity contribution in [3.8, 4) is 0 Å². The van der Waals surface area contributed by atoms with Gasteiger partial charge in [-0.1, -0.05) is 13.8 Å². The van der Waals surface area contributed by atoms with Crippen LogP contribution in [0.25, 0.3) is 0 Å². The topological polar surface area (TPSA) is 29.5 Å². The van der Waals surface area contributed by atoms with E-state index in [1.165, 1.54) is 51.4 Å². The van der Waals surface area contributed by atoms with Crippen LogP contribution in [0.2, 0.25) is 0 Å². The standard InChI is InChI=1S/C21H36O2/c1-20-10-8-14(13-23-3)12-15(20)4-5-16-17-6-7-19(22)21(17,2)11-9-18(16)20/h14-19,22H,4-13H2,1-3H3. The smallest absolute Gasteiger partial charge is 0.0596 e. The summed E-state index contributed by atoms with van der Waals surface area (Å²) in [5.74, 6) is 4.34. The summed E-state index contributed by atoms with van der Waals surface area (Å²) in [6, 6.07) is 0. The van der Waals surface area contributed by atoms with Crippen molar-refractivity contribution >= 4 is 0 Å². The molecule has 23 heavy (non-hydrogen) atoms. The van der Waals surface area contributed by atoms with Gasteiger partial charge >= 0.3 is 0 Å². The van der Waals surface area contributed by atoms with Crippen LogP contribution in [0.4, 0.5) is 0 Å². The second-order valence-corrected chi connectivity index (χ2v) is 9.89. The number of methoxy groups -OCH3 is 1. The van der Waals surface area contributed by atoms with Crippen molar-refractivity contribution in [2.24, 2.45) is 40.4 Å². The van der Waals surface area contributed by atoms with Crippen molar-refractivity contribution in [1.82, 2.24) is 0 Å². The van der Waals surface area contributed by atoms with E-state index in [9.17, 15) is 5.11 Å². The fraction of sp³-hybridized carbons (Fsp3) is 1.00. The zero-order valence-corrected chi connectivity index (χ0v) is 15.4. The van der Waals surface area contributed by atoms with Crippen molar-refractivity contribution in [2.75, 3.05) is 13.7 Å². The maximum absolute atomic E-state index is 10.6. The molecule has 0 aliphatic heterocycles. The SMILES string of the molecule is COCC1CCC2(C)C(CCC3C4CCC(O)C4(C)CCC32)C1. The molecule has 1 N–H and O–H groups in total. The maximum atomic E-state index is 10.6. The first kappa shape index (κ1) is 16.4. The van der Waals surface area contributed by atoms with E-state index in [4.69, 9.17) is 4.74 Å². The van der Waals surface area contributed by atoms with Crippen molar-refractivity contribution < 1.29 is 9.84 Å². The van der Waals surface area contributed by atoms with E-state index in [1.54, 1.807) is 0 Å². The second kappa shape index (κ2) is 5.73. The van der Waals surface area contributed by atoms with Gasteiger partial charge in [0.15, 0.2) is 0 Å². The van der Waals surface area contributed by atoms with E-state index in [2.05, 4.69) is 13.8 Å². The Balaban J connectivity index is 1.55. The lowest BCUT2D eigenvalue weighted by Crippen LogP contribution is -2.54. The molecule has 8 atom stereocenters. The molecular weight excluding hydrogens is 284 g/mol. The molecule has 4 saturated carbocycles. The van der Waals surface area contributed by atoms with E-state index in [-0.39, 0.29) is 11.5 Å². The van der Waals surface area contributed by atoms with Gasteiger partial charge in [0.25, 0.3) is 0 Å². The number of hydrogen-bond donors (Lipinski definition) is 1. The van der Waals surface area contributed by atoms with Gasteiger partial charge in [-0.25, -0.2) is 0 Å². The molecule has 132 valence electrons. The highest BCUT2D eigenvalue weighted by atomic mass is 16.5. The van der Waals surface area contributed by atoms with Gasteiger partial charge in [0.1, 0.15) is 0 Å².